The number of carbonyl (C=O) groups is 2. The van der Waals surface area contributed by atoms with Crippen molar-refractivity contribution in [1.29, 1.82) is 0 Å². The third-order valence-corrected chi connectivity index (χ3v) is 7.88. The van der Waals surface area contributed by atoms with Gasteiger partial charge < -0.3 is 9.64 Å². The number of carbonyl (C=O) groups excluding carboxylic acids is 2. The molecule has 0 spiro atoms. The number of benzene rings is 1. The Bertz CT molecular complexity index is 1310. The number of Topliss-reactive ketones (excluding diaryl/α,β-unsaturated/α-hetero) is 1. The molecule has 0 radical (unpaired) electrons. The van der Waals surface area contributed by atoms with Crippen LogP contribution >= 0.6 is 0 Å². The van der Waals surface area contributed by atoms with E-state index in [4.69, 9.17) is 4.74 Å². The molecule has 0 bridgehead atoms. The predicted octanol–water partition coefficient (Wildman–Crippen LogP) is 5.57. The van der Waals surface area contributed by atoms with Crippen LogP contribution in [0.4, 0.5) is 4.39 Å². The molecule has 38 heavy (non-hydrogen) atoms. The average Bonchev–Trinajstić information content (AvgIpc) is 3.53. The normalized spacial score (nSPS) is 20.1. The van der Waals surface area contributed by atoms with E-state index in [1.807, 2.05) is 17.9 Å². The summed E-state index contributed by atoms with van der Waals surface area (Å²) < 4.78 is 22.5. The SMILES string of the molecule is CCc1cc(C(=O)N2CCCCCC2C)nc2cc(-c3ccc(CC(=O)CCC4CCCO4)cc3F)nn12. The van der Waals surface area contributed by atoms with E-state index in [1.54, 1.807) is 22.7 Å². The van der Waals surface area contributed by atoms with Crippen molar-refractivity contribution in [2.24, 2.45) is 0 Å². The van der Waals surface area contributed by atoms with Crippen LogP contribution in [-0.4, -0.2) is 56.5 Å². The molecule has 4 heterocycles. The maximum atomic E-state index is 15.2. The fourth-order valence-corrected chi connectivity index (χ4v) is 5.64. The largest absolute Gasteiger partial charge is 0.378 e. The number of ketones is 1. The van der Waals surface area contributed by atoms with Crippen LogP contribution in [0.25, 0.3) is 16.9 Å². The minimum absolute atomic E-state index is 0.0564. The van der Waals surface area contributed by atoms with Gasteiger partial charge in [0.25, 0.3) is 5.91 Å². The van der Waals surface area contributed by atoms with Gasteiger partial charge in [-0.15, -0.1) is 0 Å². The standard InChI is InChI=1S/C30H37FN4O3/c1-3-22-18-28(30(37)34-14-6-4-5-8-20(34)2)32-29-19-27(33-35(22)29)25-13-10-21(17-26(25)31)16-23(36)11-12-24-9-7-15-38-24/h10,13,17-20,24H,3-9,11-12,14-16H2,1-2H3. The van der Waals surface area contributed by atoms with Crippen molar-refractivity contribution >= 4 is 17.3 Å². The molecule has 2 aliphatic heterocycles. The number of fused-ring (bicyclic) bond motifs is 1. The summed E-state index contributed by atoms with van der Waals surface area (Å²) in [5, 5.41) is 4.63. The highest BCUT2D eigenvalue weighted by Gasteiger charge is 2.25. The highest BCUT2D eigenvalue weighted by molar-refractivity contribution is 5.93. The summed E-state index contributed by atoms with van der Waals surface area (Å²) >= 11 is 0. The van der Waals surface area contributed by atoms with Gasteiger partial charge in [0.05, 0.1) is 11.8 Å². The molecule has 1 amide bonds. The summed E-state index contributed by atoms with van der Waals surface area (Å²) in [7, 11) is 0. The monoisotopic (exact) mass is 520 g/mol. The number of nitrogens with zero attached hydrogens (tertiary/aromatic N) is 4. The average molecular weight is 521 g/mol. The van der Waals surface area contributed by atoms with Crippen LogP contribution in [0.3, 0.4) is 0 Å². The van der Waals surface area contributed by atoms with Gasteiger partial charge in [0.1, 0.15) is 17.3 Å². The molecule has 0 saturated carbocycles. The Kier molecular flexibility index (Phi) is 8.17. The maximum absolute atomic E-state index is 15.2. The quantitative estimate of drug-likeness (QED) is 0.388. The smallest absolute Gasteiger partial charge is 0.272 e. The predicted molar refractivity (Wildman–Crippen MR) is 144 cm³/mol. The Morgan fingerprint density at radius 3 is 2.74 bits per heavy atom. The fraction of sp³-hybridized carbons (Fsp3) is 0.533. The Morgan fingerprint density at radius 2 is 1.97 bits per heavy atom. The molecule has 5 rings (SSSR count). The molecule has 202 valence electrons. The first kappa shape index (κ1) is 26.5. The number of aromatic nitrogens is 3. The van der Waals surface area contributed by atoms with Crippen molar-refractivity contribution in [1.82, 2.24) is 19.5 Å². The van der Waals surface area contributed by atoms with E-state index in [0.29, 0.717) is 41.0 Å². The van der Waals surface area contributed by atoms with Gasteiger partial charge in [-0.05, 0) is 69.2 Å². The topological polar surface area (TPSA) is 76.8 Å². The van der Waals surface area contributed by atoms with Crippen molar-refractivity contribution in [2.45, 2.75) is 90.2 Å². The molecule has 3 aromatic rings. The number of aryl methyl sites for hydroxylation is 1. The molecule has 2 aromatic heterocycles. The Morgan fingerprint density at radius 1 is 1.11 bits per heavy atom. The minimum Gasteiger partial charge on any atom is -0.378 e. The van der Waals surface area contributed by atoms with Crippen molar-refractivity contribution in [3.8, 4) is 11.3 Å². The molecule has 0 aliphatic carbocycles. The van der Waals surface area contributed by atoms with E-state index in [1.165, 1.54) is 6.07 Å². The van der Waals surface area contributed by atoms with Gasteiger partial charge in [-0.2, -0.15) is 5.10 Å². The molecule has 0 N–H and O–H groups in total. The summed E-state index contributed by atoms with van der Waals surface area (Å²) in [6.07, 6.45) is 8.57. The molecular formula is C30H37FN4O3. The van der Waals surface area contributed by atoms with Crippen molar-refractivity contribution in [2.75, 3.05) is 13.2 Å². The molecule has 1 aromatic carbocycles. The summed E-state index contributed by atoms with van der Waals surface area (Å²) in [6.45, 7) is 5.63. The van der Waals surface area contributed by atoms with Crippen LogP contribution in [0.15, 0.2) is 30.3 Å². The van der Waals surface area contributed by atoms with Crippen molar-refractivity contribution < 1.29 is 18.7 Å². The van der Waals surface area contributed by atoms with Crippen molar-refractivity contribution in [3.63, 3.8) is 0 Å². The molecular weight excluding hydrogens is 483 g/mol. The molecule has 7 nitrogen and oxygen atoms in total. The zero-order valence-corrected chi connectivity index (χ0v) is 22.4. The number of likely N-dealkylation sites (tertiary alicyclic amines) is 1. The van der Waals surface area contributed by atoms with Gasteiger partial charge in [-0.1, -0.05) is 25.8 Å². The van der Waals surface area contributed by atoms with Crippen LogP contribution in [0.2, 0.25) is 0 Å². The number of hydrogen-bond donors (Lipinski definition) is 0. The molecule has 2 saturated heterocycles. The van der Waals surface area contributed by atoms with Gasteiger partial charge in [-0.3, -0.25) is 9.59 Å². The van der Waals surface area contributed by atoms with E-state index in [2.05, 4.69) is 17.0 Å². The van der Waals surface area contributed by atoms with E-state index in [-0.39, 0.29) is 30.3 Å². The van der Waals surface area contributed by atoms with Gasteiger partial charge in [0, 0.05) is 49.4 Å². The third kappa shape index (κ3) is 5.80. The first-order valence-electron chi connectivity index (χ1n) is 14.1. The number of halogens is 1. The number of hydrogen-bond acceptors (Lipinski definition) is 5. The van der Waals surface area contributed by atoms with E-state index < -0.39 is 5.82 Å². The van der Waals surface area contributed by atoms with Crippen LogP contribution < -0.4 is 0 Å². The zero-order chi connectivity index (χ0) is 26.6. The molecule has 2 unspecified atom stereocenters. The van der Waals surface area contributed by atoms with Crippen molar-refractivity contribution in [3.05, 3.63) is 53.1 Å². The number of amides is 1. The molecule has 2 fully saturated rings. The first-order chi connectivity index (χ1) is 18.4. The zero-order valence-electron chi connectivity index (χ0n) is 22.4. The minimum atomic E-state index is -0.425. The van der Waals surface area contributed by atoms with Crippen LogP contribution in [0.1, 0.15) is 87.0 Å². The van der Waals surface area contributed by atoms with Gasteiger partial charge in [-0.25, -0.2) is 13.9 Å². The molecule has 2 atom stereocenters. The van der Waals surface area contributed by atoms with Gasteiger partial charge in [0.15, 0.2) is 5.65 Å². The van der Waals surface area contributed by atoms with E-state index in [0.717, 1.165) is 63.8 Å². The fourth-order valence-electron chi connectivity index (χ4n) is 5.64. The Labute approximate surface area is 223 Å². The second-order valence-electron chi connectivity index (χ2n) is 10.7. The highest BCUT2D eigenvalue weighted by Crippen LogP contribution is 2.26. The maximum Gasteiger partial charge on any atom is 0.272 e. The second kappa shape index (κ2) is 11.7. The molecule has 8 heteroatoms. The number of rotatable bonds is 8. The summed E-state index contributed by atoms with van der Waals surface area (Å²) in [4.78, 5) is 32.4. The van der Waals surface area contributed by atoms with E-state index in [9.17, 15) is 9.59 Å². The summed E-state index contributed by atoms with van der Waals surface area (Å²) in [5.74, 6) is -0.391. The van der Waals surface area contributed by atoms with Crippen LogP contribution in [0, 0.1) is 5.82 Å². The van der Waals surface area contributed by atoms with Gasteiger partial charge >= 0.3 is 0 Å². The lowest BCUT2D eigenvalue weighted by molar-refractivity contribution is -0.119. The van der Waals surface area contributed by atoms with Crippen LogP contribution in [-0.2, 0) is 22.4 Å². The van der Waals surface area contributed by atoms with Crippen LogP contribution in [0.5, 0.6) is 0 Å². The lowest BCUT2D eigenvalue weighted by Gasteiger charge is -2.27. The Hall–Kier alpha value is -3.13. The lowest BCUT2D eigenvalue weighted by atomic mass is 10.0. The second-order valence-corrected chi connectivity index (χ2v) is 10.7. The first-order valence-corrected chi connectivity index (χ1v) is 14.1. The highest BCUT2D eigenvalue weighted by atomic mass is 19.1. The summed E-state index contributed by atoms with van der Waals surface area (Å²) in [5.41, 5.74) is 3.24. The van der Waals surface area contributed by atoms with Gasteiger partial charge in [0.2, 0.25) is 0 Å². The lowest BCUT2D eigenvalue weighted by Crippen LogP contribution is -2.38. The van der Waals surface area contributed by atoms with E-state index >= 15 is 4.39 Å². The summed E-state index contributed by atoms with van der Waals surface area (Å²) in [6, 6.07) is 8.61. The number of ether oxygens (including phenoxy) is 1. The molecule has 2 aliphatic rings. The Balaban J connectivity index is 1.35. The third-order valence-electron chi connectivity index (χ3n) is 7.88.